The molecule has 0 heterocycles. The number of ether oxygens (including phenoxy) is 1. The van der Waals surface area contributed by atoms with Crippen molar-refractivity contribution in [1.82, 2.24) is 0 Å². The minimum absolute atomic E-state index is 0.374. The average molecular weight is 228 g/mol. The summed E-state index contributed by atoms with van der Waals surface area (Å²) in [5, 5.41) is 0. The van der Waals surface area contributed by atoms with Gasteiger partial charge >= 0.3 is 5.97 Å². The molecule has 0 N–H and O–H groups in total. The zero-order valence-electron chi connectivity index (χ0n) is 8.65. The summed E-state index contributed by atoms with van der Waals surface area (Å²) in [6.07, 6.45) is 0.391. The fraction of sp³-hybridized carbons (Fsp3) is 0.300. The molecule has 0 spiro atoms. The second-order valence-electron chi connectivity index (χ2n) is 2.94. The zero-order chi connectivity index (χ0) is 11.3. The van der Waals surface area contributed by atoms with Crippen LogP contribution in [0.15, 0.2) is 24.3 Å². The van der Waals surface area contributed by atoms with Crippen molar-refractivity contribution in [3.05, 3.63) is 35.4 Å². The molecule has 1 unspecified atom stereocenters. The van der Waals surface area contributed by atoms with Gasteiger partial charge in [0.2, 0.25) is 0 Å². The van der Waals surface area contributed by atoms with Crippen LogP contribution in [0.5, 0.6) is 0 Å². The van der Waals surface area contributed by atoms with Gasteiger partial charge in [0.05, 0.1) is 12.7 Å². The predicted molar refractivity (Wildman–Crippen MR) is 57.5 cm³/mol. The Morgan fingerprint density at radius 2 is 1.87 bits per heavy atom. The van der Waals surface area contributed by atoms with E-state index in [0.717, 1.165) is 5.56 Å². The number of carbonyl (C=O) groups excluding carboxylic acids is 1. The summed E-state index contributed by atoms with van der Waals surface area (Å²) in [4.78, 5) is 11.1. The van der Waals surface area contributed by atoms with Crippen LogP contribution in [-0.4, -0.2) is 20.2 Å². The molecule has 4 nitrogen and oxygen atoms in total. The summed E-state index contributed by atoms with van der Waals surface area (Å²) in [5.74, 6) is -0.374. The third-order valence-electron chi connectivity index (χ3n) is 1.95. The molecule has 1 aromatic carbocycles. The van der Waals surface area contributed by atoms with Crippen molar-refractivity contribution in [2.75, 3.05) is 14.2 Å². The van der Waals surface area contributed by atoms with Crippen molar-refractivity contribution in [3.8, 4) is 0 Å². The molecule has 5 heteroatoms. The Morgan fingerprint density at radius 1 is 1.27 bits per heavy atom. The summed E-state index contributed by atoms with van der Waals surface area (Å²) in [5.41, 5.74) is 1.37. The third kappa shape index (κ3) is 3.50. The van der Waals surface area contributed by atoms with Crippen LogP contribution in [0.3, 0.4) is 0 Å². The first-order valence-electron chi connectivity index (χ1n) is 4.41. The van der Waals surface area contributed by atoms with Crippen LogP contribution >= 0.6 is 8.03 Å². The Bertz CT molecular complexity index is 358. The van der Waals surface area contributed by atoms with Crippen LogP contribution in [0.1, 0.15) is 15.9 Å². The molecule has 0 radical (unpaired) electrons. The molecule has 1 rings (SSSR count). The fourth-order valence-corrected chi connectivity index (χ4v) is 1.83. The van der Waals surface area contributed by atoms with Gasteiger partial charge in [-0.15, -0.1) is 0 Å². The first-order chi connectivity index (χ1) is 7.17. The lowest BCUT2D eigenvalue weighted by molar-refractivity contribution is 0.0600. The van der Waals surface area contributed by atoms with Crippen molar-refractivity contribution in [1.29, 1.82) is 0 Å². The molecule has 0 bridgehead atoms. The van der Waals surface area contributed by atoms with E-state index < -0.39 is 8.03 Å². The molecular formula is C10H13O4P. The number of esters is 1. The maximum absolute atomic E-state index is 11.1. The summed E-state index contributed by atoms with van der Waals surface area (Å²) < 4.78 is 20.4. The highest BCUT2D eigenvalue weighted by molar-refractivity contribution is 7.38. The van der Waals surface area contributed by atoms with Gasteiger partial charge in [-0.25, -0.2) is 4.79 Å². The number of hydrogen-bond acceptors (Lipinski definition) is 4. The van der Waals surface area contributed by atoms with Crippen LogP contribution in [0.25, 0.3) is 0 Å². The van der Waals surface area contributed by atoms with Crippen molar-refractivity contribution in [3.63, 3.8) is 0 Å². The average Bonchev–Trinajstić information content (AvgIpc) is 2.29. The Morgan fingerprint density at radius 3 is 2.33 bits per heavy atom. The third-order valence-corrected chi connectivity index (χ3v) is 3.10. The predicted octanol–water partition coefficient (Wildman–Crippen LogP) is 2.09. The molecule has 0 aliphatic heterocycles. The second kappa shape index (κ2) is 5.69. The van der Waals surface area contributed by atoms with Crippen LogP contribution in [0.4, 0.5) is 0 Å². The van der Waals surface area contributed by atoms with Gasteiger partial charge < -0.3 is 9.26 Å². The number of rotatable bonds is 4. The Labute approximate surface area is 89.1 Å². The second-order valence-corrected chi connectivity index (χ2v) is 4.45. The van der Waals surface area contributed by atoms with E-state index in [1.807, 2.05) is 0 Å². The van der Waals surface area contributed by atoms with Crippen LogP contribution < -0.4 is 0 Å². The largest absolute Gasteiger partial charge is 0.465 e. The van der Waals surface area contributed by atoms with Gasteiger partial charge in [-0.05, 0) is 17.7 Å². The topological polar surface area (TPSA) is 52.6 Å². The molecule has 0 saturated heterocycles. The molecule has 15 heavy (non-hydrogen) atoms. The van der Waals surface area contributed by atoms with Gasteiger partial charge in [0.15, 0.2) is 8.03 Å². The molecule has 1 aromatic rings. The van der Waals surface area contributed by atoms with E-state index in [0.29, 0.717) is 11.7 Å². The van der Waals surface area contributed by atoms with Crippen molar-refractivity contribution >= 4 is 14.0 Å². The molecule has 0 aromatic heterocycles. The number of carbonyl (C=O) groups is 1. The van der Waals surface area contributed by atoms with Gasteiger partial charge in [0, 0.05) is 13.3 Å². The summed E-state index contributed by atoms with van der Waals surface area (Å²) in [7, 11) is 0.768. The van der Waals surface area contributed by atoms with Crippen LogP contribution in [0, 0.1) is 0 Å². The molecule has 0 aliphatic carbocycles. The van der Waals surface area contributed by atoms with Gasteiger partial charge in [-0.1, -0.05) is 12.1 Å². The molecule has 0 aliphatic rings. The van der Waals surface area contributed by atoms with Crippen LogP contribution in [-0.2, 0) is 20.0 Å². The highest BCUT2D eigenvalue weighted by atomic mass is 31.1. The highest BCUT2D eigenvalue weighted by Crippen LogP contribution is 2.26. The monoisotopic (exact) mass is 228 g/mol. The minimum Gasteiger partial charge on any atom is -0.465 e. The molecular weight excluding hydrogens is 215 g/mol. The maximum atomic E-state index is 11.1. The number of methoxy groups -OCH3 is 1. The molecule has 0 fully saturated rings. The zero-order valence-corrected chi connectivity index (χ0v) is 9.65. The van der Waals surface area contributed by atoms with Gasteiger partial charge in [-0.2, -0.15) is 0 Å². The van der Waals surface area contributed by atoms with E-state index in [9.17, 15) is 9.36 Å². The molecule has 0 amide bonds. The summed E-state index contributed by atoms with van der Waals surface area (Å²) >= 11 is 0. The van der Waals surface area contributed by atoms with Gasteiger partial charge in [0.25, 0.3) is 0 Å². The maximum Gasteiger partial charge on any atom is 0.337 e. The first kappa shape index (κ1) is 12.0. The first-order valence-corrected chi connectivity index (χ1v) is 5.94. The Kier molecular flexibility index (Phi) is 4.53. The van der Waals surface area contributed by atoms with Crippen molar-refractivity contribution in [2.24, 2.45) is 0 Å². The quantitative estimate of drug-likeness (QED) is 0.585. The Balaban J connectivity index is 2.72. The van der Waals surface area contributed by atoms with Gasteiger partial charge in [0.1, 0.15) is 0 Å². The van der Waals surface area contributed by atoms with E-state index in [-0.39, 0.29) is 5.97 Å². The van der Waals surface area contributed by atoms with Gasteiger partial charge in [-0.3, -0.25) is 4.57 Å². The molecule has 0 saturated carbocycles. The smallest absolute Gasteiger partial charge is 0.337 e. The van der Waals surface area contributed by atoms with Crippen LogP contribution in [0.2, 0.25) is 0 Å². The fourth-order valence-electron chi connectivity index (χ4n) is 1.12. The molecule has 82 valence electrons. The van der Waals surface area contributed by atoms with Crippen molar-refractivity contribution < 1.29 is 18.6 Å². The summed E-state index contributed by atoms with van der Waals surface area (Å²) in [6, 6.07) is 6.78. The number of hydrogen-bond donors (Lipinski definition) is 0. The minimum atomic E-state index is -1.99. The van der Waals surface area contributed by atoms with E-state index in [1.165, 1.54) is 14.2 Å². The SMILES string of the molecule is COC(=O)c1ccc(C[PH](=O)OC)cc1. The Hall–Kier alpha value is -1.12. The van der Waals surface area contributed by atoms with E-state index >= 15 is 0 Å². The van der Waals surface area contributed by atoms with E-state index in [2.05, 4.69) is 4.74 Å². The molecule has 1 atom stereocenters. The lowest BCUT2D eigenvalue weighted by Gasteiger charge is -2.02. The number of benzene rings is 1. The standard InChI is InChI=1S/C10H13O4P/c1-13-10(11)9-5-3-8(4-6-9)7-15(12)14-2/h3-6,15H,7H2,1-2H3. The summed E-state index contributed by atoms with van der Waals surface area (Å²) in [6.45, 7) is 0. The lowest BCUT2D eigenvalue weighted by atomic mass is 10.1. The lowest BCUT2D eigenvalue weighted by Crippen LogP contribution is -2.00. The normalized spacial score (nSPS) is 12.1. The van der Waals surface area contributed by atoms with Crippen molar-refractivity contribution in [2.45, 2.75) is 6.16 Å². The van der Waals surface area contributed by atoms with E-state index in [1.54, 1.807) is 24.3 Å². The highest BCUT2D eigenvalue weighted by Gasteiger charge is 2.05. The van der Waals surface area contributed by atoms with E-state index in [4.69, 9.17) is 4.52 Å².